The predicted molar refractivity (Wildman–Crippen MR) is 126 cm³/mol. The molecule has 0 radical (unpaired) electrons. The zero-order chi connectivity index (χ0) is 25.0. The number of aryl methyl sites for hydroxylation is 1. The molecule has 34 heavy (non-hydrogen) atoms. The number of aliphatic hydroxyl groups excluding tert-OH is 1. The summed E-state index contributed by atoms with van der Waals surface area (Å²) in [6.45, 7) is 1.88. The van der Waals surface area contributed by atoms with Crippen LogP contribution in [0.2, 0.25) is 0 Å². The molecule has 0 bridgehead atoms. The van der Waals surface area contributed by atoms with Crippen LogP contribution in [0.3, 0.4) is 0 Å². The normalized spacial score (nSPS) is 21.2. The van der Waals surface area contributed by atoms with Crippen molar-refractivity contribution < 1.29 is 24.2 Å². The summed E-state index contributed by atoms with van der Waals surface area (Å²) in [6.07, 6.45) is 1.91. The summed E-state index contributed by atoms with van der Waals surface area (Å²) in [5.41, 5.74) is -0.349. The molecule has 0 spiro atoms. The lowest BCUT2D eigenvalue weighted by Crippen LogP contribution is -2.47. The number of carbonyl (C=O) groups excluding carboxylic acids is 2. The number of aliphatic hydroxyl groups is 1. The Labute approximate surface area is 202 Å². The molecule has 0 aromatic heterocycles. The van der Waals surface area contributed by atoms with Gasteiger partial charge in [0, 0.05) is 10.8 Å². The van der Waals surface area contributed by atoms with E-state index in [4.69, 9.17) is 9.47 Å². The molecule has 1 N–H and O–H groups in total. The Morgan fingerprint density at radius 3 is 2.00 bits per heavy atom. The molecule has 0 saturated carbocycles. The standard InChI is InChI=1S/C26H24N2O5S/c1-15-5-7-16(8-6-15)21-19(24(30)32-2)23(29)20(25(31)33-3)22(26(21,13-27)14-28)17-9-11-18(34-4)12-10-17/h5-12,19,21-22,29H,1-4H3/t19-,21-,22-/m0/s1. The van der Waals surface area contributed by atoms with Gasteiger partial charge in [0.1, 0.15) is 11.7 Å². The highest BCUT2D eigenvalue weighted by Gasteiger charge is 2.61. The van der Waals surface area contributed by atoms with Crippen molar-refractivity contribution in [2.24, 2.45) is 11.3 Å². The number of rotatable bonds is 5. The van der Waals surface area contributed by atoms with E-state index in [0.717, 1.165) is 24.7 Å². The van der Waals surface area contributed by atoms with Gasteiger partial charge in [-0.2, -0.15) is 10.5 Å². The summed E-state index contributed by atoms with van der Waals surface area (Å²) in [5.74, 6) is -6.11. The molecular formula is C26H24N2O5S. The van der Waals surface area contributed by atoms with E-state index in [-0.39, 0.29) is 5.57 Å². The van der Waals surface area contributed by atoms with Gasteiger partial charge in [0.05, 0.1) is 37.8 Å². The number of hydrogen-bond acceptors (Lipinski definition) is 8. The van der Waals surface area contributed by atoms with E-state index in [9.17, 15) is 25.2 Å². The molecule has 0 saturated heterocycles. The predicted octanol–water partition coefficient (Wildman–Crippen LogP) is 4.41. The lowest BCUT2D eigenvalue weighted by Gasteiger charge is -2.44. The van der Waals surface area contributed by atoms with Crippen LogP contribution in [0.1, 0.15) is 28.5 Å². The minimum absolute atomic E-state index is 0.304. The third-order valence-corrected chi connectivity index (χ3v) is 7.00. The Morgan fingerprint density at radius 2 is 1.53 bits per heavy atom. The lowest BCUT2D eigenvalue weighted by molar-refractivity contribution is -0.147. The highest BCUT2D eigenvalue weighted by atomic mass is 32.2. The fraction of sp³-hybridized carbons (Fsp3) is 0.308. The maximum atomic E-state index is 12.9. The van der Waals surface area contributed by atoms with Gasteiger partial charge in [0.2, 0.25) is 0 Å². The number of methoxy groups -OCH3 is 2. The van der Waals surface area contributed by atoms with Gasteiger partial charge >= 0.3 is 11.9 Å². The van der Waals surface area contributed by atoms with E-state index in [1.807, 2.05) is 13.2 Å². The van der Waals surface area contributed by atoms with E-state index < -0.39 is 40.9 Å². The Balaban J connectivity index is 2.45. The summed E-state index contributed by atoms with van der Waals surface area (Å²) in [7, 11) is 2.28. The molecule has 2 aromatic rings. The molecule has 0 fully saturated rings. The van der Waals surface area contributed by atoms with Gasteiger partial charge in [-0.3, -0.25) is 4.79 Å². The summed E-state index contributed by atoms with van der Waals surface area (Å²) in [6, 6.07) is 18.3. The van der Waals surface area contributed by atoms with Crippen LogP contribution in [0.5, 0.6) is 0 Å². The van der Waals surface area contributed by atoms with Crippen LogP contribution >= 0.6 is 11.8 Å². The van der Waals surface area contributed by atoms with Crippen molar-refractivity contribution in [1.29, 1.82) is 10.5 Å². The summed E-state index contributed by atoms with van der Waals surface area (Å²) in [5, 5.41) is 32.3. The number of ether oxygens (including phenoxy) is 2. The first-order chi connectivity index (χ1) is 16.3. The SMILES string of the molecule is COC(=O)C1=C(O)[C@@H](C(=O)OC)[C@H](c2ccc(C)cc2)C(C#N)(C#N)[C@H]1c1ccc(SC)cc1. The maximum absolute atomic E-state index is 12.9. The third-order valence-electron chi connectivity index (χ3n) is 6.25. The summed E-state index contributed by atoms with van der Waals surface area (Å²) >= 11 is 1.51. The van der Waals surface area contributed by atoms with Crippen molar-refractivity contribution in [2.75, 3.05) is 20.5 Å². The van der Waals surface area contributed by atoms with Crippen LogP contribution in [-0.2, 0) is 19.1 Å². The first-order valence-electron chi connectivity index (χ1n) is 10.4. The van der Waals surface area contributed by atoms with Gasteiger partial charge in [-0.15, -0.1) is 11.8 Å². The molecular weight excluding hydrogens is 452 g/mol. The summed E-state index contributed by atoms with van der Waals surface area (Å²) < 4.78 is 9.87. The molecule has 1 aliphatic rings. The van der Waals surface area contributed by atoms with E-state index in [1.165, 1.54) is 11.8 Å². The molecule has 3 atom stereocenters. The van der Waals surface area contributed by atoms with E-state index in [2.05, 4.69) is 12.1 Å². The molecule has 8 heteroatoms. The minimum Gasteiger partial charge on any atom is -0.511 e. The van der Waals surface area contributed by atoms with Crippen molar-refractivity contribution >= 4 is 23.7 Å². The van der Waals surface area contributed by atoms with Crippen molar-refractivity contribution in [2.45, 2.75) is 23.7 Å². The first kappa shape index (κ1) is 24.9. The van der Waals surface area contributed by atoms with Gasteiger partial charge in [0.25, 0.3) is 0 Å². The zero-order valence-electron chi connectivity index (χ0n) is 19.2. The molecule has 2 aromatic carbocycles. The van der Waals surface area contributed by atoms with Gasteiger partial charge < -0.3 is 14.6 Å². The molecule has 3 rings (SSSR count). The van der Waals surface area contributed by atoms with Gasteiger partial charge in [-0.05, 0) is 36.4 Å². The van der Waals surface area contributed by atoms with Gasteiger partial charge in [-0.1, -0.05) is 42.0 Å². The van der Waals surface area contributed by atoms with Crippen LogP contribution in [0.25, 0.3) is 0 Å². The number of nitriles is 2. The minimum atomic E-state index is -1.94. The number of esters is 2. The number of nitrogens with zero attached hydrogens (tertiary/aromatic N) is 2. The largest absolute Gasteiger partial charge is 0.511 e. The Bertz CT molecular complexity index is 1190. The monoisotopic (exact) mass is 476 g/mol. The van der Waals surface area contributed by atoms with Crippen LogP contribution < -0.4 is 0 Å². The Kier molecular flexibility index (Phi) is 7.34. The van der Waals surface area contributed by atoms with Crippen LogP contribution in [0, 0.1) is 40.9 Å². The fourth-order valence-electron chi connectivity index (χ4n) is 4.60. The first-order valence-corrected chi connectivity index (χ1v) is 11.6. The quantitative estimate of drug-likeness (QED) is 0.498. The molecule has 7 nitrogen and oxygen atoms in total. The second-order valence-electron chi connectivity index (χ2n) is 7.98. The van der Waals surface area contributed by atoms with Gasteiger partial charge in [-0.25, -0.2) is 4.79 Å². The maximum Gasteiger partial charge on any atom is 0.337 e. The zero-order valence-corrected chi connectivity index (χ0v) is 20.1. The highest BCUT2D eigenvalue weighted by Crippen LogP contribution is 2.59. The fourth-order valence-corrected chi connectivity index (χ4v) is 5.01. The lowest BCUT2D eigenvalue weighted by atomic mass is 9.54. The molecule has 0 heterocycles. The molecule has 0 amide bonds. The van der Waals surface area contributed by atoms with Crippen LogP contribution in [0.4, 0.5) is 0 Å². The molecule has 0 aliphatic heterocycles. The number of benzene rings is 2. The third kappa shape index (κ3) is 4.02. The molecule has 0 unspecified atom stereocenters. The van der Waals surface area contributed by atoms with Crippen molar-refractivity contribution in [3.8, 4) is 12.1 Å². The van der Waals surface area contributed by atoms with Crippen molar-refractivity contribution in [3.63, 3.8) is 0 Å². The highest BCUT2D eigenvalue weighted by molar-refractivity contribution is 7.98. The Hall–Kier alpha value is -3.75. The van der Waals surface area contributed by atoms with Crippen LogP contribution in [-0.4, -0.2) is 37.5 Å². The van der Waals surface area contributed by atoms with Gasteiger partial charge in [0.15, 0.2) is 5.41 Å². The van der Waals surface area contributed by atoms with Crippen molar-refractivity contribution in [1.82, 2.24) is 0 Å². The van der Waals surface area contributed by atoms with Crippen LogP contribution in [0.15, 0.2) is 64.8 Å². The average molecular weight is 477 g/mol. The number of hydrogen-bond donors (Lipinski definition) is 1. The number of thioether (sulfide) groups is 1. The van der Waals surface area contributed by atoms with Crippen molar-refractivity contribution in [3.05, 3.63) is 76.6 Å². The molecule has 174 valence electrons. The molecule has 1 aliphatic carbocycles. The van der Waals surface area contributed by atoms with E-state index in [0.29, 0.717) is 11.1 Å². The Morgan fingerprint density at radius 1 is 0.971 bits per heavy atom. The second-order valence-corrected chi connectivity index (χ2v) is 8.86. The smallest absolute Gasteiger partial charge is 0.337 e. The average Bonchev–Trinajstić information content (AvgIpc) is 2.87. The second kappa shape index (κ2) is 10.0. The number of carbonyl (C=O) groups is 2. The topological polar surface area (TPSA) is 120 Å². The van der Waals surface area contributed by atoms with E-state index >= 15 is 0 Å². The summed E-state index contributed by atoms with van der Waals surface area (Å²) in [4.78, 5) is 26.8. The van der Waals surface area contributed by atoms with E-state index in [1.54, 1.807) is 48.5 Å².